The predicted octanol–water partition coefficient (Wildman–Crippen LogP) is 2.41. The van der Waals surface area contributed by atoms with E-state index in [9.17, 15) is 9.59 Å². The van der Waals surface area contributed by atoms with Gasteiger partial charge in [-0.2, -0.15) is 0 Å². The number of aromatic nitrogens is 1. The third kappa shape index (κ3) is 4.17. The standard InChI is InChI=1S/C17H24ClN3O3/c1-4-17(2,16(23)24-3)20-15(22)12-7-9-21(10-8-12)14-6-5-13(18)11-19-14/h5-6,11-12H,4,7-10H2,1-3H3,(H,20,22). The Balaban J connectivity index is 1.92. The van der Waals surface area contributed by atoms with Gasteiger partial charge in [-0.05, 0) is 38.3 Å². The monoisotopic (exact) mass is 353 g/mol. The van der Waals surface area contributed by atoms with Gasteiger partial charge < -0.3 is 15.0 Å². The topological polar surface area (TPSA) is 71.5 Å². The average Bonchev–Trinajstić information content (AvgIpc) is 2.61. The molecule has 1 aliphatic heterocycles. The normalized spacial score (nSPS) is 17.9. The third-order valence-electron chi connectivity index (χ3n) is 4.64. The molecule has 0 radical (unpaired) electrons. The molecule has 2 heterocycles. The number of hydrogen-bond acceptors (Lipinski definition) is 5. The lowest BCUT2D eigenvalue weighted by atomic mass is 9.92. The molecule has 0 aromatic carbocycles. The lowest BCUT2D eigenvalue weighted by Crippen LogP contribution is -2.55. The number of halogens is 1. The Labute approximate surface area is 147 Å². The fraction of sp³-hybridized carbons (Fsp3) is 0.588. The number of carbonyl (C=O) groups excluding carboxylic acids is 2. The first-order valence-corrected chi connectivity index (χ1v) is 8.54. The lowest BCUT2D eigenvalue weighted by Gasteiger charge is -2.34. The number of carbonyl (C=O) groups is 2. The molecule has 0 aliphatic carbocycles. The highest BCUT2D eigenvalue weighted by Crippen LogP contribution is 2.24. The molecule has 6 nitrogen and oxygen atoms in total. The van der Waals surface area contributed by atoms with E-state index in [0.717, 1.165) is 31.7 Å². The number of nitrogens with one attached hydrogen (secondary N) is 1. The molecule has 1 atom stereocenters. The van der Waals surface area contributed by atoms with Crippen molar-refractivity contribution in [3.63, 3.8) is 0 Å². The molecule has 132 valence electrons. The zero-order valence-electron chi connectivity index (χ0n) is 14.3. The van der Waals surface area contributed by atoms with Gasteiger partial charge in [0.1, 0.15) is 11.4 Å². The summed E-state index contributed by atoms with van der Waals surface area (Å²) in [6.45, 7) is 5.04. The van der Waals surface area contributed by atoms with E-state index in [1.165, 1.54) is 7.11 Å². The van der Waals surface area contributed by atoms with Crippen molar-refractivity contribution in [3.8, 4) is 0 Å². The van der Waals surface area contributed by atoms with Crippen molar-refractivity contribution < 1.29 is 14.3 Å². The van der Waals surface area contributed by atoms with Gasteiger partial charge in [-0.3, -0.25) is 4.79 Å². The van der Waals surface area contributed by atoms with Crippen molar-refractivity contribution in [2.24, 2.45) is 5.92 Å². The van der Waals surface area contributed by atoms with E-state index in [0.29, 0.717) is 11.4 Å². The van der Waals surface area contributed by atoms with Gasteiger partial charge >= 0.3 is 5.97 Å². The second-order valence-electron chi connectivity index (χ2n) is 6.26. The summed E-state index contributed by atoms with van der Waals surface area (Å²) in [5.41, 5.74) is -0.972. The largest absolute Gasteiger partial charge is 0.467 e. The molecule has 1 amide bonds. The van der Waals surface area contributed by atoms with E-state index in [1.807, 2.05) is 19.1 Å². The number of hydrogen-bond donors (Lipinski definition) is 1. The first-order chi connectivity index (χ1) is 11.4. The lowest BCUT2D eigenvalue weighted by molar-refractivity contribution is -0.151. The summed E-state index contributed by atoms with van der Waals surface area (Å²) in [5.74, 6) is 0.255. The molecular weight excluding hydrogens is 330 g/mol. The van der Waals surface area contributed by atoms with Crippen LogP contribution in [0.5, 0.6) is 0 Å². The summed E-state index contributed by atoms with van der Waals surface area (Å²) in [5, 5.41) is 3.47. The summed E-state index contributed by atoms with van der Waals surface area (Å²) < 4.78 is 4.80. The van der Waals surface area contributed by atoms with Crippen LogP contribution in [0.3, 0.4) is 0 Å². The first-order valence-electron chi connectivity index (χ1n) is 8.16. The molecule has 7 heteroatoms. The number of esters is 1. The van der Waals surface area contributed by atoms with E-state index < -0.39 is 11.5 Å². The highest BCUT2D eigenvalue weighted by atomic mass is 35.5. The van der Waals surface area contributed by atoms with E-state index >= 15 is 0 Å². The maximum Gasteiger partial charge on any atom is 0.331 e. The minimum absolute atomic E-state index is 0.0894. The molecule has 1 saturated heterocycles. The molecule has 1 unspecified atom stereocenters. The molecular formula is C17H24ClN3O3. The Bertz CT molecular complexity index is 585. The second kappa shape index (κ2) is 7.83. The zero-order chi connectivity index (χ0) is 17.7. The van der Waals surface area contributed by atoms with E-state index in [2.05, 4.69) is 15.2 Å². The van der Waals surface area contributed by atoms with Crippen LogP contribution in [0.4, 0.5) is 5.82 Å². The SMILES string of the molecule is CCC(C)(NC(=O)C1CCN(c2ccc(Cl)cn2)CC1)C(=O)OC. The van der Waals surface area contributed by atoms with Crippen LogP contribution in [-0.4, -0.2) is 42.6 Å². The molecule has 0 spiro atoms. The van der Waals surface area contributed by atoms with Crippen LogP contribution in [-0.2, 0) is 14.3 Å². The molecule has 24 heavy (non-hydrogen) atoms. The fourth-order valence-corrected chi connectivity index (χ4v) is 2.92. The Morgan fingerprint density at radius 1 is 1.42 bits per heavy atom. The summed E-state index contributed by atoms with van der Waals surface area (Å²) >= 11 is 5.86. The molecule has 1 aromatic heterocycles. The minimum atomic E-state index is -0.972. The molecule has 1 fully saturated rings. The van der Waals surface area contributed by atoms with Crippen LogP contribution < -0.4 is 10.2 Å². The molecule has 1 N–H and O–H groups in total. The molecule has 2 rings (SSSR count). The molecule has 1 aliphatic rings. The van der Waals surface area contributed by atoms with E-state index in [-0.39, 0.29) is 11.8 Å². The highest BCUT2D eigenvalue weighted by molar-refractivity contribution is 6.30. The van der Waals surface area contributed by atoms with Gasteiger partial charge in [-0.25, -0.2) is 9.78 Å². The Morgan fingerprint density at radius 3 is 2.58 bits per heavy atom. The number of piperidine rings is 1. The van der Waals surface area contributed by atoms with Crippen LogP contribution in [0.2, 0.25) is 5.02 Å². The summed E-state index contributed by atoms with van der Waals surface area (Å²) in [4.78, 5) is 30.8. The maximum atomic E-state index is 12.5. The van der Waals surface area contributed by atoms with Crippen LogP contribution in [0.1, 0.15) is 33.1 Å². The maximum absolute atomic E-state index is 12.5. The number of methoxy groups -OCH3 is 1. The molecule has 0 bridgehead atoms. The van der Waals surface area contributed by atoms with Gasteiger partial charge in [0.2, 0.25) is 5.91 Å². The summed E-state index contributed by atoms with van der Waals surface area (Å²) in [6, 6.07) is 3.69. The first kappa shape index (κ1) is 18.5. The zero-order valence-corrected chi connectivity index (χ0v) is 15.1. The number of pyridine rings is 1. The Morgan fingerprint density at radius 2 is 2.08 bits per heavy atom. The fourth-order valence-electron chi connectivity index (χ4n) is 2.81. The van der Waals surface area contributed by atoms with E-state index in [1.54, 1.807) is 13.1 Å². The minimum Gasteiger partial charge on any atom is -0.467 e. The van der Waals surface area contributed by atoms with Gasteiger partial charge in [0.05, 0.1) is 12.1 Å². The summed E-state index contributed by atoms with van der Waals surface area (Å²) in [7, 11) is 1.33. The van der Waals surface area contributed by atoms with Crippen molar-refractivity contribution in [2.75, 3.05) is 25.1 Å². The second-order valence-corrected chi connectivity index (χ2v) is 6.70. The Hall–Kier alpha value is -1.82. The molecule has 0 saturated carbocycles. The van der Waals surface area contributed by atoms with Crippen molar-refractivity contribution >= 4 is 29.3 Å². The number of anilines is 1. The van der Waals surface area contributed by atoms with Crippen LogP contribution in [0.25, 0.3) is 0 Å². The third-order valence-corrected chi connectivity index (χ3v) is 4.87. The van der Waals surface area contributed by atoms with Gasteiger partial charge in [-0.1, -0.05) is 18.5 Å². The number of rotatable bonds is 5. The Kier molecular flexibility index (Phi) is 6.04. The smallest absolute Gasteiger partial charge is 0.331 e. The van der Waals surface area contributed by atoms with Crippen molar-refractivity contribution in [1.29, 1.82) is 0 Å². The predicted molar refractivity (Wildman–Crippen MR) is 93.0 cm³/mol. The number of ether oxygens (including phenoxy) is 1. The van der Waals surface area contributed by atoms with Crippen LogP contribution >= 0.6 is 11.6 Å². The summed E-state index contributed by atoms with van der Waals surface area (Å²) in [6.07, 6.45) is 3.55. The van der Waals surface area contributed by atoms with Crippen molar-refractivity contribution in [3.05, 3.63) is 23.4 Å². The van der Waals surface area contributed by atoms with Gasteiger partial charge in [-0.15, -0.1) is 0 Å². The number of amides is 1. The highest BCUT2D eigenvalue weighted by Gasteiger charge is 2.36. The van der Waals surface area contributed by atoms with Crippen molar-refractivity contribution in [1.82, 2.24) is 10.3 Å². The van der Waals surface area contributed by atoms with Crippen LogP contribution in [0.15, 0.2) is 18.3 Å². The van der Waals surface area contributed by atoms with Crippen LogP contribution in [0, 0.1) is 5.92 Å². The molecule has 1 aromatic rings. The van der Waals surface area contributed by atoms with E-state index in [4.69, 9.17) is 16.3 Å². The quantitative estimate of drug-likeness (QED) is 0.823. The number of nitrogens with zero attached hydrogens (tertiary/aromatic N) is 2. The van der Waals surface area contributed by atoms with Gasteiger partial charge in [0.15, 0.2) is 0 Å². The van der Waals surface area contributed by atoms with Gasteiger partial charge in [0.25, 0.3) is 0 Å². The van der Waals surface area contributed by atoms with Gasteiger partial charge in [0, 0.05) is 25.2 Å². The van der Waals surface area contributed by atoms with Crippen molar-refractivity contribution in [2.45, 2.75) is 38.6 Å². The average molecular weight is 354 g/mol.